The number of nitrogens with zero attached hydrogens (tertiary/aromatic N) is 4. The lowest BCUT2D eigenvalue weighted by Gasteiger charge is -2.26. The Balaban J connectivity index is 1.36. The highest BCUT2D eigenvalue weighted by Gasteiger charge is 2.30. The molecular formula is C25H24F2N6O2S. The summed E-state index contributed by atoms with van der Waals surface area (Å²) in [7, 11) is -3.73. The molecule has 1 fully saturated rings. The Morgan fingerprint density at radius 1 is 1.06 bits per heavy atom. The van der Waals surface area contributed by atoms with Crippen LogP contribution in [0.25, 0.3) is 11.0 Å². The molecule has 36 heavy (non-hydrogen) atoms. The Morgan fingerprint density at radius 3 is 2.64 bits per heavy atom. The smallest absolute Gasteiger partial charge is 0.238 e. The predicted molar refractivity (Wildman–Crippen MR) is 133 cm³/mol. The first-order chi connectivity index (χ1) is 17.3. The molecule has 1 atom stereocenters. The summed E-state index contributed by atoms with van der Waals surface area (Å²) in [5.74, 6) is 0.293. The largest absolute Gasteiger partial charge is 0.368 e. The SMILES string of the molecule is NS(=O)(=O)c1ccc(CCNc2ncnc3ccc(N4CCC[C@@H]4c4cc(F)ccc4F)nc23)cc1. The van der Waals surface area contributed by atoms with Crippen LogP contribution in [-0.4, -0.2) is 36.5 Å². The van der Waals surface area contributed by atoms with Crippen molar-refractivity contribution >= 4 is 32.7 Å². The number of sulfonamides is 1. The van der Waals surface area contributed by atoms with Gasteiger partial charge in [0.05, 0.1) is 16.5 Å². The normalized spacial score (nSPS) is 16.0. The number of aromatic nitrogens is 3. The molecule has 3 N–H and O–H groups in total. The maximum atomic E-state index is 14.5. The minimum atomic E-state index is -3.73. The third-order valence-electron chi connectivity index (χ3n) is 6.29. The van der Waals surface area contributed by atoms with E-state index >= 15 is 0 Å². The van der Waals surface area contributed by atoms with E-state index in [-0.39, 0.29) is 10.9 Å². The first-order valence-electron chi connectivity index (χ1n) is 11.5. The first-order valence-corrected chi connectivity index (χ1v) is 13.0. The van der Waals surface area contributed by atoms with Gasteiger partial charge in [0.15, 0.2) is 5.82 Å². The number of hydrogen-bond donors (Lipinski definition) is 2. The predicted octanol–water partition coefficient (Wildman–Crippen LogP) is 3.95. The van der Waals surface area contributed by atoms with Crippen molar-refractivity contribution in [2.75, 3.05) is 23.3 Å². The zero-order valence-corrected chi connectivity index (χ0v) is 20.0. The van der Waals surface area contributed by atoms with Crippen LogP contribution in [0.15, 0.2) is 65.8 Å². The topological polar surface area (TPSA) is 114 Å². The summed E-state index contributed by atoms with van der Waals surface area (Å²) in [6.45, 7) is 1.19. The van der Waals surface area contributed by atoms with Crippen LogP contribution in [0.3, 0.4) is 0 Å². The highest BCUT2D eigenvalue weighted by Crippen LogP contribution is 2.37. The second kappa shape index (κ2) is 9.75. The Morgan fingerprint density at radius 2 is 1.86 bits per heavy atom. The van der Waals surface area contributed by atoms with Gasteiger partial charge in [0.1, 0.15) is 29.3 Å². The number of fused-ring (bicyclic) bond motifs is 1. The van der Waals surface area contributed by atoms with E-state index in [0.29, 0.717) is 54.2 Å². The molecule has 0 unspecified atom stereocenters. The number of halogens is 2. The zero-order valence-electron chi connectivity index (χ0n) is 19.2. The average Bonchev–Trinajstić information content (AvgIpc) is 3.35. The first kappa shape index (κ1) is 24.0. The van der Waals surface area contributed by atoms with Gasteiger partial charge in [0.25, 0.3) is 0 Å². The molecule has 1 aliphatic heterocycles. The van der Waals surface area contributed by atoms with Crippen molar-refractivity contribution in [2.45, 2.75) is 30.2 Å². The highest BCUT2D eigenvalue weighted by atomic mass is 32.2. The van der Waals surface area contributed by atoms with Crippen molar-refractivity contribution in [1.82, 2.24) is 15.0 Å². The fourth-order valence-electron chi connectivity index (χ4n) is 4.52. The van der Waals surface area contributed by atoms with Gasteiger partial charge in [0, 0.05) is 18.7 Å². The maximum Gasteiger partial charge on any atom is 0.238 e. The third kappa shape index (κ3) is 4.98. The number of nitrogens with one attached hydrogen (secondary N) is 1. The van der Waals surface area contributed by atoms with Crippen molar-refractivity contribution in [3.8, 4) is 0 Å². The number of pyridine rings is 1. The zero-order chi connectivity index (χ0) is 25.3. The molecule has 1 aliphatic rings. The molecule has 11 heteroatoms. The summed E-state index contributed by atoms with van der Waals surface area (Å²) in [6, 6.07) is 13.3. The van der Waals surface area contributed by atoms with E-state index in [4.69, 9.17) is 10.1 Å². The molecule has 0 spiro atoms. The second-order valence-electron chi connectivity index (χ2n) is 8.64. The molecule has 0 radical (unpaired) electrons. The lowest BCUT2D eigenvalue weighted by Crippen LogP contribution is -2.24. The van der Waals surface area contributed by atoms with E-state index in [2.05, 4.69) is 15.3 Å². The summed E-state index contributed by atoms with van der Waals surface area (Å²) >= 11 is 0. The monoisotopic (exact) mass is 510 g/mol. The molecular weight excluding hydrogens is 486 g/mol. The number of nitrogens with two attached hydrogens (primary N) is 1. The van der Waals surface area contributed by atoms with Crippen LogP contribution < -0.4 is 15.4 Å². The van der Waals surface area contributed by atoms with Gasteiger partial charge in [-0.1, -0.05) is 12.1 Å². The quantitative estimate of drug-likeness (QED) is 0.387. The van der Waals surface area contributed by atoms with Crippen LogP contribution in [0.5, 0.6) is 0 Å². The van der Waals surface area contributed by atoms with E-state index in [1.807, 2.05) is 17.0 Å². The van der Waals surface area contributed by atoms with Crippen molar-refractivity contribution < 1.29 is 17.2 Å². The van der Waals surface area contributed by atoms with Crippen LogP contribution in [0.4, 0.5) is 20.4 Å². The lowest BCUT2D eigenvalue weighted by atomic mass is 10.0. The van der Waals surface area contributed by atoms with E-state index in [1.54, 1.807) is 12.1 Å². The Hall–Kier alpha value is -3.70. The van der Waals surface area contributed by atoms with Gasteiger partial charge >= 0.3 is 0 Å². The van der Waals surface area contributed by atoms with Gasteiger partial charge in [-0.15, -0.1) is 0 Å². The number of primary sulfonamides is 1. The van der Waals surface area contributed by atoms with Gasteiger partial charge in [-0.2, -0.15) is 0 Å². The summed E-state index contributed by atoms with van der Waals surface area (Å²) in [4.78, 5) is 15.5. The highest BCUT2D eigenvalue weighted by molar-refractivity contribution is 7.89. The molecule has 2 aromatic heterocycles. The minimum Gasteiger partial charge on any atom is -0.368 e. The number of rotatable bonds is 7. The van der Waals surface area contributed by atoms with Gasteiger partial charge in [-0.3, -0.25) is 0 Å². The van der Waals surface area contributed by atoms with Crippen LogP contribution in [0, 0.1) is 11.6 Å². The Bertz CT molecular complexity index is 1520. The summed E-state index contributed by atoms with van der Waals surface area (Å²) in [6.07, 6.45) is 3.60. The molecule has 8 nitrogen and oxygen atoms in total. The molecule has 0 aliphatic carbocycles. The second-order valence-corrected chi connectivity index (χ2v) is 10.2. The molecule has 2 aromatic carbocycles. The standard InChI is InChI=1S/C25H24F2N6O2S/c26-17-5-8-20(27)19(14-17)22-2-1-13-33(22)23-10-9-21-24(32-23)25(31-15-30-21)29-12-11-16-3-6-18(7-4-16)36(28,34)35/h3-10,14-15,22H,1-2,11-13H2,(H2,28,34,35)(H,29,30,31)/t22-/m1/s1. The molecule has 3 heterocycles. The maximum absolute atomic E-state index is 14.5. The molecule has 0 saturated carbocycles. The van der Waals surface area contributed by atoms with Gasteiger partial charge < -0.3 is 10.2 Å². The van der Waals surface area contributed by atoms with Crippen LogP contribution >= 0.6 is 0 Å². The Labute approximate surface area is 207 Å². The minimum absolute atomic E-state index is 0.0658. The van der Waals surface area contributed by atoms with Gasteiger partial charge in [-0.25, -0.2) is 37.3 Å². The fraction of sp³-hybridized carbons (Fsp3) is 0.240. The number of benzene rings is 2. The lowest BCUT2D eigenvalue weighted by molar-refractivity contribution is 0.560. The summed E-state index contributed by atoms with van der Waals surface area (Å²) < 4.78 is 51.2. The van der Waals surface area contributed by atoms with E-state index in [0.717, 1.165) is 24.1 Å². The number of anilines is 2. The molecule has 1 saturated heterocycles. The average molecular weight is 511 g/mol. The van der Waals surface area contributed by atoms with Crippen LogP contribution in [-0.2, 0) is 16.4 Å². The van der Waals surface area contributed by atoms with Crippen molar-refractivity contribution in [1.29, 1.82) is 0 Å². The van der Waals surface area contributed by atoms with Crippen molar-refractivity contribution in [3.05, 3.63) is 83.7 Å². The molecule has 0 amide bonds. The van der Waals surface area contributed by atoms with Gasteiger partial charge in [0.2, 0.25) is 10.0 Å². The molecule has 4 aromatic rings. The molecule has 186 valence electrons. The van der Waals surface area contributed by atoms with Crippen molar-refractivity contribution in [2.24, 2.45) is 5.14 Å². The van der Waals surface area contributed by atoms with Crippen molar-refractivity contribution in [3.63, 3.8) is 0 Å². The van der Waals surface area contributed by atoms with E-state index in [1.165, 1.54) is 24.5 Å². The number of hydrogen-bond acceptors (Lipinski definition) is 7. The van der Waals surface area contributed by atoms with Crippen LogP contribution in [0.2, 0.25) is 0 Å². The van der Waals surface area contributed by atoms with Gasteiger partial charge in [-0.05, 0) is 67.3 Å². The summed E-state index contributed by atoms with van der Waals surface area (Å²) in [5.41, 5.74) is 2.48. The molecule has 5 rings (SSSR count). The summed E-state index contributed by atoms with van der Waals surface area (Å²) in [5, 5.41) is 8.42. The third-order valence-corrected chi connectivity index (χ3v) is 7.22. The Kier molecular flexibility index (Phi) is 6.50. The molecule has 0 bridgehead atoms. The van der Waals surface area contributed by atoms with E-state index < -0.39 is 21.7 Å². The van der Waals surface area contributed by atoms with Crippen LogP contribution in [0.1, 0.15) is 30.0 Å². The fourth-order valence-corrected chi connectivity index (χ4v) is 5.04. The van der Waals surface area contributed by atoms with E-state index in [9.17, 15) is 17.2 Å².